The molecule has 25 heavy (non-hydrogen) atoms. The smallest absolute Gasteiger partial charge is 0.237 e. The highest BCUT2D eigenvalue weighted by atomic mass is 19.1. The van der Waals surface area contributed by atoms with Gasteiger partial charge in [-0.3, -0.25) is 0 Å². The van der Waals surface area contributed by atoms with Gasteiger partial charge in [0, 0.05) is 19.6 Å². The fraction of sp³-hybridized carbons (Fsp3) is 0.300. The van der Waals surface area contributed by atoms with Gasteiger partial charge in [-0.2, -0.15) is 4.98 Å². The molecule has 0 atom stereocenters. The first-order valence-corrected chi connectivity index (χ1v) is 8.47. The van der Waals surface area contributed by atoms with Crippen molar-refractivity contribution in [3.63, 3.8) is 0 Å². The zero-order chi connectivity index (χ0) is 17.1. The van der Waals surface area contributed by atoms with Crippen molar-refractivity contribution in [1.29, 1.82) is 0 Å². The quantitative estimate of drug-likeness (QED) is 0.724. The second-order valence-corrected chi connectivity index (χ2v) is 6.38. The molecule has 1 aromatic heterocycles. The molecule has 0 amide bonds. The highest BCUT2D eigenvalue weighted by Gasteiger charge is 2.41. The van der Waals surface area contributed by atoms with Crippen LogP contribution in [0, 0.1) is 5.82 Å². The Morgan fingerprint density at radius 1 is 0.960 bits per heavy atom. The lowest BCUT2D eigenvalue weighted by molar-refractivity contribution is 0.0523. The molecule has 0 aliphatic carbocycles. The molecule has 4 rings (SSSR count). The molecule has 0 bridgehead atoms. The molecule has 5 heteroatoms. The summed E-state index contributed by atoms with van der Waals surface area (Å²) in [4.78, 5) is 4.67. The summed E-state index contributed by atoms with van der Waals surface area (Å²) in [6, 6.07) is 16.6. The Morgan fingerprint density at radius 2 is 1.68 bits per heavy atom. The largest absolute Gasteiger partial charge is 0.381 e. The molecule has 1 aliphatic heterocycles. The van der Waals surface area contributed by atoms with Crippen LogP contribution in [0.15, 0.2) is 59.1 Å². The van der Waals surface area contributed by atoms with E-state index in [0.717, 1.165) is 24.0 Å². The number of aromatic nitrogens is 2. The van der Waals surface area contributed by atoms with Crippen molar-refractivity contribution in [2.75, 3.05) is 13.2 Å². The van der Waals surface area contributed by atoms with Crippen LogP contribution in [0.5, 0.6) is 0 Å². The summed E-state index contributed by atoms with van der Waals surface area (Å²) in [6.45, 7) is 1.24. The van der Waals surface area contributed by atoms with Crippen LogP contribution in [0.2, 0.25) is 0 Å². The van der Waals surface area contributed by atoms with E-state index in [-0.39, 0.29) is 5.82 Å². The van der Waals surface area contributed by atoms with Gasteiger partial charge in [-0.05, 0) is 36.1 Å². The molecule has 0 radical (unpaired) electrons. The van der Waals surface area contributed by atoms with Gasteiger partial charge in [0.05, 0.1) is 5.41 Å². The fourth-order valence-electron chi connectivity index (χ4n) is 3.41. The van der Waals surface area contributed by atoms with Crippen molar-refractivity contribution in [2.45, 2.75) is 24.7 Å². The Balaban J connectivity index is 1.67. The highest BCUT2D eigenvalue weighted by Crippen LogP contribution is 2.40. The van der Waals surface area contributed by atoms with Crippen molar-refractivity contribution in [1.82, 2.24) is 10.1 Å². The third-order valence-electron chi connectivity index (χ3n) is 4.83. The zero-order valence-electron chi connectivity index (χ0n) is 13.8. The normalized spacial score (nSPS) is 16.7. The SMILES string of the molecule is Fc1ccc(C2(c3nc(Cc4ccccc4)no3)CCOCC2)cc1. The summed E-state index contributed by atoms with van der Waals surface area (Å²) in [6.07, 6.45) is 2.11. The molecular weight excluding hydrogens is 319 g/mol. The molecule has 1 fully saturated rings. The van der Waals surface area contributed by atoms with Crippen LogP contribution in [0.1, 0.15) is 35.7 Å². The Bertz CT molecular complexity index is 824. The van der Waals surface area contributed by atoms with Crippen LogP contribution < -0.4 is 0 Å². The molecule has 1 saturated heterocycles. The second-order valence-electron chi connectivity index (χ2n) is 6.38. The minimum absolute atomic E-state index is 0.249. The van der Waals surface area contributed by atoms with E-state index < -0.39 is 5.41 Å². The van der Waals surface area contributed by atoms with E-state index >= 15 is 0 Å². The average molecular weight is 338 g/mol. The summed E-state index contributed by atoms with van der Waals surface area (Å²) in [5.41, 5.74) is 1.72. The number of hydrogen-bond acceptors (Lipinski definition) is 4. The van der Waals surface area contributed by atoms with Gasteiger partial charge in [0.25, 0.3) is 0 Å². The average Bonchev–Trinajstić information content (AvgIpc) is 3.13. The van der Waals surface area contributed by atoms with Gasteiger partial charge < -0.3 is 9.26 Å². The third-order valence-corrected chi connectivity index (χ3v) is 4.83. The Labute approximate surface area is 145 Å². The summed E-state index contributed by atoms with van der Waals surface area (Å²) < 4.78 is 24.5. The molecule has 2 heterocycles. The standard InChI is InChI=1S/C20H19FN2O2/c21-17-8-6-16(7-9-17)20(10-12-24-13-11-20)19-22-18(23-25-19)14-15-4-2-1-3-5-15/h1-9H,10-14H2. The lowest BCUT2D eigenvalue weighted by atomic mass is 9.74. The maximum Gasteiger partial charge on any atom is 0.237 e. The van der Waals surface area contributed by atoms with E-state index in [1.165, 1.54) is 12.1 Å². The minimum Gasteiger partial charge on any atom is -0.381 e. The molecule has 0 spiro atoms. The van der Waals surface area contributed by atoms with E-state index in [4.69, 9.17) is 9.26 Å². The van der Waals surface area contributed by atoms with Gasteiger partial charge in [0.15, 0.2) is 5.82 Å². The summed E-state index contributed by atoms with van der Waals surface area (Å²) in [5, 5.41) is 4.17. The topological polar surface area (TPSA) is 48.2 Å². The van der Waals surface area contributed by atoms with Crippen LogP contribution >= 0.6 is 0 Å². The predicted molar refractivity (Wildman–Crippen MR) is 90.8 cm³/mol. The fourth-order valence-corrected chi connectivity index (χ4v) is 3.41. The number of halogens is 1. The maximum absolute atomic E-state index is 13.4. The Kier molecular flexibility index (Phi) is 4.32. The van der Waals surface area contributed by atoms with Crippen molar-refractivity contribution in [3.05, 3.63) is 83.3 Å². The van der Waals surface area contributed by atoms with Crippen molar-refractivity contribution in [2.24, 2.45) is 0 Å². The van der Waals surface area contributed by atoms with Crippen LogP contribution in [0.4, 0.5) is 4.39 Å². The van der Waals surface area contributed by atoms with E-state index in [9.17, 15) is 4.39 Å². The molecule has 1 aliphatic rings. The lowest BCUT2D eigenvalue weighted by Crippen LogP contribution is -2.35. The Hall–Kier alpha value is -2.53. The van der Waals surface area contributed by atoms with Crippen LogP contribution in [0.25, 0.3) is 0 Å². The van der Waals surface area contributed by atoms with Crippen LogP contribution in [-0.4, -0.2) is 23.4 Å². The summed E-state index contributed by atoms with van der Waals surface area (Å²) in [7, 11) is 0. The highest BCUT2D eigenvalue weighted by molar-refractivity contribution is 5.33. The van der Waals surface area contributed by atoms with Gasteiger partial charge in [0.1, 0.15) is 5.82 Å². The minimum atomic E-state index is -0.409. The van der Waals surface area contributed by atoms with Crippen LogP contribution in [-0.2, 0) is 16.6 Å². The molecule has 2 aromatic carbocycles. The second kappa shape index (κ2) is 6.76. The maximum atomic E-state index is 13.4. The first kappa shape index (κ1) is 16.0. The molecule has 128 valence electrons. The van der Waals surface area contributed by atoms with Crippen molar-refractivity contribution in [3.8, 4) is 0 Å². The molecule has 0 saturated carbocycles. The van der Waals surface area contributed by atoms with Gasteiger partial charge in [0.2, 0.25) is 5.89 Å². The van der Waals surface area contributed by atoms with Gasteiger partial charge in [-0.15, -0.1) is 0 Å². The number of hydrogen-bond donors (Lipinski definition) is 0. The molecule has 4 nitrogen and oxygen atoms in total. The molecule has 3 aromatic rings. The van der Waals surface area contributed by atoms with Gasteiger partial charge in [-0.25, -0.2) is 4.39 Å². The molecular formula is C20H19FN2O2. The summed E-state index contributed by atoms with van der Waals surface area (Å²) in [5.74, 6) is 1.00. The van der Waals surface area contributed by atoms with Crippen molar-refractivity contribution < 1.29 is 13.7 Å². The third kappa shape index (κ3) is 3.20. The van der Waals surface area contributed by atoms with Gasteiger partial charge in [-0.1, -0.05) is 47.6 Å². The first-order valence-electron chi connectivity index (χ1n) is 8.47. The summed E-state index contributed by atoms with van der Waals surface area (Å²) >= 11 is 0. The van der Waals surface area contributed by atoms with Gasteiger partial charge >= 0.3 is 0 Å². The Morgan fingerprint density at radius 3 is 2.40 bits per heavy atom. The van der Waals surface area contributed by atoms with E-state index in [0.29, 0.717) is 31.3 Å². The van der Waals surface area contributed by atoms with E-state index in [1.807, 2.05) is 42.5 Å². The first-order chi connectivity index (χ1) is 12.3. The van der Waals surface area contributed by atoms with E-state index in [1.54, 1.807) is 0 Å². The van der Waals surface area contributed by atoms with Crippen LogP contribution in [0.3, 0.4) is 0 Å². The van der Waals surface area contributed by atoms with E-state index in [2.05, 4.69) is 10.1 Å². The predicted octanol–water partition coefficient (Wildman–Crippen LogP) is 3.90. The zero-order valence-corrected chi connectivity index (χ0v) is 13.8. The number of rotatable bonds is 4. The number of benzene rings is 2. The molecule has 0 unspecified atom stereocenters. The van der Waals surface area contributed by atoms with Crippen molar-refractivity contribution >= 4 is 0 Å². The number of nitrogens with zero attached hydrogens (tertiary/aromatic N) is 2. The lowest BCUT2D eigenvalue weighted by Gasteiger charge is -2.34. The molecule has 0 N–H and O–H groups in total. The monoisotopic (exact) mass is 338 g/mol. The number of ether oxygens (including phenoxy) is 1.